The van der Waals surface area contributed by atoms with Gasteiger partial charge in [-0.1, -0.05) is 19.9 Å². The highest BCUT2D eigenvalue weighted by atomic mass is 19.1. The molecule has 1 aromatic carbocycles. The Balaban J connectivity index is 2.04. The van der Waals surface area contributed by atoms with E-state index >= 15 is 0 Å². The zero-order chi connectivity index (χ0) is 16.1. The van der Waals surface area contributed by atoms with E-state index in [2.05, 4.69) is 10.6 Å². The monoisotopic (exact) mass is 308 g/mol. The van der Waals surface area contributed by atoms with Gasteiger partial charge in [0.1, 0.15) is 5.82 Å². The lowest BCUT2D eigenvalue weighted by Gasteiger charge is -2.30. The number of hydrogen-bond donors (Lipinski definition) is 2. The van der Waals surface area contributed by atoms with E-state index in [9.17, 15) is 9.18 Å². The highest BCUT2D eigenvalue weighted by molar-refractivity contribution is 5.95. The molecule has 2 rings (SSSR count). The maximum absolute atomic E-state index is 13.8. The minimum absolute atomic E-state index is 0.121. The largest absolute Gasteiger partial charge is 0.381 e. The molecule has 1 heterocycles. The zero-order valence-corrected chi connectivity index (χ0v) is 13.5. The van der Waals surface area contributed by atoms with Gasteiger partial charge in [0.2, 0.25) is 5.91 Å². The predicted octanol–water partition coefficient (Wildman–Crippen LogP) is 2.87. The molecule has 2 N–H and O–H groups in total. The first-order valence-electron chi connectivity index (χ1n) is 7.88. The topological polar surface area (TPSA) is 50.4 Å². The lowest BCUT2D eigenvalue weighted by Crippen LogP contribution is -2.50. The first-order valence-corrected chi connectivity index (χ1v) is 7.88. The third-order valence-corrected chi connectivity index (χ3v) is 3.97. The molecule has 0 aliphatic carbocycles. The van der Waals surface area contributed by atoms with Gasteiger partial charge in [-0.15, -0.1) is 0 Å². The van der Waals surface area contributed by atoms with Crippen molar-refractivity contribution in [1.29, 1.82) is 0 Å². The Kier molecular flexibility index (Phi) is 5.91. The van der Waals surface area contributed by atoms with Crippen molar-refractivity contribution in [3.63, 3.8) is 0 Å². The Morgan fingerprint density at radius 3 is 2.64 bits per heavy atom. The predicted molar refractivity (Wildman–Crippen MR) is 85.4 cm³/mol. The molecule has 122 valence electrons. The molecule has 1 amide bonds. The van der Waals surface area contributed by atoms with Gasteiger partial charge in [0.05, 0.1) is 11.7 Å². The Labute approximate surface area is 131 Å². The zero-order valence-electron chi connectivity index (χ0n) is 13.5. The number of nitrogens with one attached hydrogen (secondary N) is 2. The second-order valence-electron chi connectivity index (χ2n) is 6.25. The SMILES string of the molecule is Cc1ccc(F)c(NC(=O)[C@@H](NC2CCOCC2)C(C)C)c1. The molecule has 1 aromatic rings. The van der Waals surface area contributed by atoms with Crippen LogP contribution in [0, 0.1) is 18.7 Å². The van der Waals surface area contributed by atoms with Gasteiger partial charge in [0, 0.05) is 19.3 Å². The summed E-state index contributed by atoms with van der Waals surface area (Å²) in [5.41, 5.74) is 1.15. The van der Waals surface area contributed by atoms with Gasteiger partial charge in [-0.25, -0.2) is 4.39 Å². The minimum Gasteiger partial charge on any atom is -0.381 e. The van der Waals surface area contributed by atoms with Gasteiger partial charge < -0.3 is 15.4 Å². The summed E-state index contributed by atoms with van der Waals surface area (Å²) in [7, 11) is 0. The van der Waals surface area contributed by atoms with Gasteiger partial charge in [-0.05, 0) is 43.4 Å². The molecule has 0 radical (unpaired) electrons. The van der Waals surface area contributed by atoms with Crippen LogP contribution < -0.4 is 10.6 Å². The van der Waals surface area contributed by atoms with E-state index < -0.39 is 5.82 Å². The molecular formula is C17H25FN2O2. The van der Waals surface area contributed by atoms with Crippen LogP contribution in [-0.4, -0.2) is 31.2 Å². The van der Waals surface area contributed by atoms with Crippen molar-refractivity contribution < 1.29 is 13.9 Å². The van der Waals surface area contributed by atoms with Crippen LogP contribution >= 0.6 is 0 Å². The van der Waals surface area contributed by atoms with Crippen molar-refractivity contribution in [1.82, 2.24) is 5.32 Å². The summed E-state index contributed by atoms with van der Waals surface area (Å²) in [5.74, 6) is -0.478. The van der Waals surface area contributed by atoms with Gasteiger partial charge >= 0.3 is 0 Å². The standard InChI is InChI=1S/C17H25FN2O2/c1-11(2)16(19-13-6-8-22-9-7-13)17(21)20-15-10-12(3)4-5-14(15)18/h4-5,10-11,13,16,19H,6-9H2,1-3H3,(H,20,21)/t16-/m0/s1. The van der Waals surface area contributed by atoms with Crippen molar-refractivity contribution >= 4 is 11.6 Å². The summed E-state index contributed by atoms with van der Waals surface area (Å²) >= 11 is 0. The lowest BCUT2D eigenvalue weighted by atomic mass is 9.99. The molecule has 0 bridgehead atoms. The van der Waals surface area contributed by atoms with Crippen LogP contribution in [0.25, 0.3) is 0 Å². The average Bonchev–Trinajstić information content (AvgIpc) is 2.49. The Morgan fingerprint density at radius 1 is 1.32 bits per heavy atom. The highest BCUT2D eigenvalue weighted by Gasteiger charge is 2.26. The molecule has 0 aromatic heterocycles. The van der Waals surface area contributed by atoms with Crippen LogP contribution in [0.2, 0.25) is 0 Å². The van der Waals surface area contributed by atoms with E-state index in [-0.39, 0.29) is 29.6 Å². The summed E-state index contributed by atoms with van der Waals surface area (Å²) in [6.45, 7) is 7.29. The second-order valence-corrected chi connectivity index (χ2v) is 6.25. The number of carbonyl (C=O) groups is 1. The van der Waals surface area contributed by atoms with Crippen molar-refractivity contribution in [2.45, 2.75) is 45.7 Å². The van der Waals surface area contributed by atoms with Crippen molar-refractivity contribution in [3.05, 3.63) is 29.6 Å². The van der Waals surface area contributed by atoms with Gasteiger partial charge in [-0.2, -0.15) is 0 Å². The third-order valence-electron chi connectivity index (χ3n) is 3.97. The number of amides is 1. The maximum Gasteiger partial charge on any atom is 0.241 e. The Hall–Kier alpha value is -1.46. The summed E-state index contributed by atoms with van der Waals surface area (Å²) in [6.07, 6.45) is 1.80. The quantitative estimate of drug-likeness (QED) is 0.879. The number of halogens is 1. The van der Waals surface area contributed by atoms with E-state index in [0.29, 0.717) is 0 Å². The summed E-state index contributed by atoms with van der Waals surface area (Å²) in [4.78, 5) is 12.5. The fourth-order valence-electron chi connectivity index (χ4n) is 2.63. The number of ether oxygens (including phenoxy) is 1. The third kappa shape index (κ3) is 4.52. The van der Waals surface area contributed by atoms with Crippen molar-refractivity contribution in [2.75, 3.05) is 18.5 Å². The van der Waals surface area contributed by atoms with Crippen LogP contribution in [0.5, 0.6) is 0 Å². The Morgan fingerprint density at radius 2 is 2.00 bits per heavy atom. The second kappa shape index (κ2) is 7.70. The number of hydrogen-bond acceptors (Lipinski definition) is 3. The van der Waals surface area contributed by atoms with Gasteiger partial charge in [0.25, 0.3) is 0 Å². The maximum atomic E-state index is 13.8. The first kappa shape index (κ1) is 16.9. The number of carbonyl (C=O) groups excluding carboxylic acids is 1. The number of rotatable bonds is 5. The molecule has 0 saturated carbocycles. The van der Waals surface area contributed by atoms with Crippen LogP contribution in [0.4, 0.5) is 10.1 Å². The minimum atomic E-state index is -0.410. The highest BCUT2D eigenvalue weighted by Crippen LogP contribution is 2.18. The first-order chi connectivity index (χ1) is 10.5. The number of benzene rings is 1. The van der Waals surface area contributed by atoms with E-state index in [1.165, 1.54) is 6.07 Å². The molecule has 0 unspecified atom stereocenters. The van der Waals surface area contributed by atoms with Crippen LogP contribution in [-0.2, 0) is 9.53 Å². The van der Waals surface area contributed by atoms with Crippen molar-refractivity contribution in [3.8, 4) is 0 Å². The smallest absolute Gasteiger partial charge is 0.241 e. The fraction of sp³-hybridized carbons (Fsp3) is 0.588. The molecule has 1 fully saturated rings. The van der Waals surface area contributed by atoms with E-state index in [0.717, 1.165) is 31.6 Å². The van der Waals surface area contributed by atoms with Gasteiger partial charge in [0.15, 0.2) is 0 Å². The van der Waals surface area contributed by atoms with E-state index in [1.54, 1.807) is 12.1 Å². The molecule has 0 spiro atoms. The summed E-state index contributed by atoms with van der Waals surface area (Å²) < 4.78 is 19.1. The Bertz CT molecular complexity index is 513. The fourth-order valence-corrected chi connectivity index (χ4v) is 2.63. The summed E-state index contributed by atoms with van der Waals surface area (Å²) in [5, 5.41) is 6.11. The van der Waals surface area contributed by atoms with E-state index in [1.807, 2.05) is 20.8 Å². The molecule has 4 nitrogen and oxygen atoms in total. The lowest BCUT2D eigenvalue weighted by molar-refractivity contribution is -0.119. The molecule has 1 aliphatic heterocycles. The molecule has 1 atom stereocenters. The van der Waals surface area contributed by atoms with Crippen LogP contribution in [0.1, 0.15) is 32.3 Å². The van der Waals surface area contributed by atoms with Crippen molar-refractivity contribution in [2.24, 2.45) is 5.92 Å². The number of anilines is 1. The molecule has 22 heavy (non-hydrogen) atoms. The molecule has 5 heteroatoms. The average molecular weight is 308 g/mol. The van der Waals surface area contributed by atoms with E-state index in [4.69, 9.17) is 4.74 Å². The van der Waals surface area contributed by atoms with Gasteiger partial charge in [-0.3, -0.25) is 4.79 Å². The molecule has 1 saturated heterocycles. The van der Waals surface area contributed by atoms with Crippen LogP contribution in [0.15, 0.2) is 18.2 Å². The molecule has 1 aliphatic rings. The number of aryl methyl sites for hydroxylation is 1. The normalized spacial score (nSPS) is 17.5. The summed E-state index contributed by atoms with van der Waals surface area (Å²) in [6, 6.07) is 4.64. The molecular weight excluding hydrogens is 283 g/mol. The van der Waals surface area contributed by atoms with Crippen LogP contribution in [0.3, 0.4) is 0 Å².